The van der Waals surface area contributed by atoms with Crippen LogP contribution in [-0.4, -0.2) is 13.7 Å². The zero-order valence-electron chi connectivity index (χ0n) is 9.62. The lowest BCUT2D eigenvalue weighted by molar-refractivity contribution is 0.593. The lowest BCUT2D eigenvalue weighted by Crippen LogP contribution is -2.17. The fraction of sp³-hybridized carbons (Fsp3) is 0.286. The van der Waals surface area contributed by atoms with E-state index in [9.17, 15) is 8.42 Å². The van der Waals surface area contributed by atoms with Crippen LogP contribution in [0.3, 0.4) is 0 Å². The monoisotopic (exact) mass is 248 g/mol. The average Bonchev–Trinajstić information content (AvgIpc) is 2.29. The van der Waals surface area contributed by atoms with Crippen molar-refractivity contribution in [3.8, 4) is 0 Å². The molecule has 0 unspecified atom stereocenters. The molecule has 0 saturated carbocycles. The number of allylic oxidation sites excluding steroid dienone is 2. The van der Waals surface area contributed by atoms with Gasteiger partial charge in [-0.2, -0.15) is 0 Å². The predicted molar refractivity (Wildman–Crippen MR) is 69.5 cm³/mol. The van der Waals surface area contributed by atoms with E-state index in [0.29, 0.717) is 4.90 Å². The Hall–Kier alpha value is -1.35. The van der Waals surface area contributed by atoms with Crippen molar-refractivity contribution < 1.29 is 8.42 Å². The van der Waals surface area contributed by atoms with Crippen molar-refractivity contribution in [3.05, 3.63) is 54.6 Å². The van der Waals surface area contributed by atoms with Crippen molar-refractivity contribution in [1.82, 2.24) is 0 Å². The summed E-state index contributed by atoms with van der Waals surface area (Å²) in [6.45, 7) is 0. The summed E-state index contributed by atoms with van der Waals surface area (Å²) in [6, 6.07) is 8.63. The van der Waals surface area contributed by atoms with Gasteiger partial charge in [0.25, 0.3) is 0 Å². The topological polar surface area (TPSA) is 34.1 Å². The maximum absolute atomic E-state index is 12.3. The van der Waals surface area contributed by atoms with Crippen LogP contribution in [0.1, 0.15) is 19.3 Å². The maximum atomic E-state index is 12.3. The van der Waals surface area contributed by atoms with Crippen LogP contribution in [0.15, 0.2) is 59.5 Å². The molecular weight excluding hydrogens is 232 g/mol. The number of sulfone groups is 1. The van der Waals surface area contributed by atoms with E-state index >= 15 is 0 Å². The molecular formula is C14H16O2S. The Kier molecular flexibility index (Phi) is 3.79. The molecule has 17 heavy (non-hydrogen) atoms. The predicted octanol–water partition coefficient (Wildman–Crippen LogP) is 3.13. The van der Waals surface area contributed by atoms with Gasteiger partial charge in [-0.3, -0.25) is 0 Å². The molecule has 0 bridgehead atoms. The third-order valence-corrected chi connectivity index (χ3v) is 4.78. The summed E-state index contributed by atoms with van der Waals surface area (Å²) >= 11 is 0. The highest BCUT2D eigenvalue weighted by Crippen LogP contribution is 2.19. The SMILES string of the molecule is O=S(=O)(c1ccccc1)C1/C=C\CCC/C=C\1. The first kappa shape index (κ1) is 12.1. The van der Waals surface area contributed by atoms with Crippen LogP contribution >= 0.6 is 0 Å². The molecule has 1 aromatic rings. The van der Waals surface area contributed by atoms with E-state index in [1.165, 1.54) is 0 Å². The van der Waals surface area contributed by atoms with Crippen LogP contribution in [0.25, 0.3) is 0 Å². The molecule has 0 spiro atoms. The van der Waals surface area contributed by atoms with Crippen molar-refractivity contribution in [1.29, 1.82) is 0 Å². The Bertz CT molecular complexity index is 498. The third-order valence-electron chi connectivity index (χ3n) is 2.82. The lowest BCUT2D eigenvalue weighted by atomic mass is 10.1. The maximum Gasteiger partial charge on any atom is 0.188 e. The zero-order valence-corrected chi connectivity index (χ0v) is 10.4. The van der Waals surface area contributed by atoms with Gasteiger partial charge in [0.05, 0.1) is 4.90 Å². The highest BCUT2D eigenvalue weighted by molar-refractivity contribution is 7.92. The first-order chi connectivity index (χ1) is 8.21. The van der Waals surface area contributed by atoms with E-state index < -0.39 is 15.1 Å². The fourth-order valence-corrected chi connectivity index (χ4v) is 3.34. The quantitative estimate of drug-likeness (QED) is 0.754. The normalized spacial score (nSPS) is 21.4. The van der Waals surface area contributed by atoms with E-state index in [-0.39, 0.29) is 0 Å². The highest BCUT2D eigenvalue weighted by Gasteiger charge is 2.22. The first-order valence-corrected chi connectivity index (χ1v) is 7.38. The van der Waals surface area contributed by atoms with Gasteiger partial charge in [0, 0.05) is 0 Å². The van der Waals surface area contributed by atoms with Crippen LogP contribution in [0.5, 0.6) is 0 Å². The molecule has 1 aliphatic rings. The van der Waals surface area contributed by atoms with Gasteiger partial charge in [0.1, 0.15) is 5.25 Å². The summed E-state index contributed by atoms with van der Waals surface area (Å²) in [5.74, 6) is 0. The standard InChI is InChI=1S/C14H16O2S/c15-17(16,14-11-7-4-8-12-14)13-9-5-2-1-3-6-10-13/h4-13H,1-3H2/b9-5-,10-6-. The van der Waals surface area contributed by atoms with Gasteiger partial charge in [-0.05, 0) is 31.4 Å². The Morgan fingerprint density at radius 3 is 2.12 bits per heavy atom. The second-order valence-electron chi connectivity index (χ2n) is 4.11. The van der Waals surface area contributed by atoms with Crippen LogP contribution < -0.4 is 0 Å². The van der Waals surface area contributed by atoms with Gasteiger partial charge in [-0.25, -0.2) is 8.42 Å². The molecule has 0 aliphatic heterocycles. The Morgan fingerprint density at radius 2 is 1.53 bits per heavy atom. The van der Waals surface area contributed by atoms with Crippen LogP contribution in [-0.2, 0) is 9.84 Å². The third kappa shape index (κ3) is 2.86. The number of benzene rings is 1. The van der Waals surface area contributed by atoms with Crippen molar-refractivity contribution >= 4 is 9.84 Å². The summed E-state index contributed by atoms with van der Waals surface area (Å²) in [5, 5.41) is -0.523. The van der Waals surface area contributed by atoms with Crippen molar-refractivity contribution in [2.24, 2.45) is 0 Å². The number of hydrogen-bond acceptors (Lipinski definition) is 2. The Labute approximate surface area is 103 Å². The minimum Gasteiger partial charge on any atom is -0.223 e. The molecule has 0 radical (unpaired) electrons. The summed E-state index contributed by atoms with van der Waals surface area (Å²) < 4.78 is 24.7. The van der Waals surface area contributed by atoms with Gasteiger partial charge in [0.2, 0.25) is 0 Å². The molecule has 3 heteroatoms. The summed E-state index contributed by atoms with van der Waals surface area (Å²) in [7, 11) is -3.28. The zero-order chi connectivity index (χ0) is 12.1. The van der Waals surface area contributed by atoms with E-state index in [2.05, 4.69) is 0 Å². The number of rotatable bonds is 2. The molecule has 1 aromatic carbocycles. The largest absolute Gasteiger partial charge is 0.223 e. The first-order valence-electron chi connectivity index (χ1n) is 5.83. The van der Waals surface area contributed by atoms with Gasteiger partial charge < -0.3 is 0 Å². The molecule has 0 N–H and O–H groups in total. The van der Waals surface area contributed by atoms with E-state index in [1.807, 2.05) is 18.2 Å². The smallest absolute Gasteiger partial charge is 0.188 e. The Balaban J connectivity index is 2.35. The van der Waals surface area contributed by atoms with E-state index in [4.69, 9.17) is 0 Å². The summed E-state index contributed by atoms with van der Waals surface area (Å²) in [6.07, 6.45) is 10.5. The molecule has 0 heterocycles. The van der Waals surface area contributed by atoms with Gasteiger partial charge in [-0.15, -0.1) is 0 Å². The van der Waals surface area contributed by atoms with Gasteiger partial charge >= 0.3 is 0 Å². The van der Waals surface area contributed by atoms with E-state index in [1.54, 1.807) is 36.4 Å². The van der Waals surface area contributed by atoms with Crippen LogP contribution in [0.4, 0.5) is 0 Å². The van der Waals surface area contributed by atoms with Crippen LogP contribution in [0, 0.1) is 0 Å². The molecule has 2 nitrogen and oxygen atoms in total. The van der Waals surface area contributed by atoms with E-state index in [0.717, 1.165) is 19.3 Å². The van der Waals surface area contributed by atoms with Crippen molar-refractivity contribution in [2.75, 3.05) is 0 Å². The molecule has 1 aliphatic carbocycles. The summed E-state index contributed by atoms with van der Waals surface area (Å²) in [4.78, 5) is 0.389. The molecule has 0 saturated heterocycles. The number of hydrogen-bond donors (Lipinski definition) is 0. The second-order valence-corrected chi connectivity index (χ2v) is 6.22. The minimum atomic E-state index is -3.28. The van der Waals surface area contributed by atoms with Crippen molar-refractivity contribution in [2.45, 2.75) is 29.4 Å². The molecule has 0 fully saturated rings. The molecule has 90 valence electrons. The Morgan fingerprint density at radius 1 is 0.941 bits per heavy atom. The molecule has 2 rings (SSSR count). The van der Waals surface area contributed by atoms with Gasteiger partial charge in [0.15, 0.2) is 9.84 Å². The molecule has 0 aromatic heterocycles. The van der Waals surface area contributed by atoms with Crippen LogP contribution in [0.2, 0.25) is 0 Å². The van der Waals surface area contributed by atoms with Crippen molar-refractivity contribution in [3.63, 3.8) is 0 Å². The average molecular weight is 248 g/mol. The lowest BCUT2D eigenvalue weighted by Gasteiger charge is -2.11. The fourth-order valence-electron chi connectivity index (χ4n) is 1.85. The van der Waals surface area contributed by atoms with Gasteiger partial charge in [-0.1, -0.05) is 42.5 Å². The molecule has 0 atom stereocenters. The second kappa shape index (κ2) is 5.32. The minimum absolute atomic E-state index is 0.389. The summed E-state index contributed by atoms with van der Waals surface area (Å²) in [5.41, 5.74) is 0. The molecule has 0 amide bonds. The highest BCUT2D eigenvalue weighted by atomic mass is 32.2.